The molecule has 2 N–H and O–H groups in total. The summed E-state index contributed by atoms with van der Waals surface area (Å²) in [6.45, 7) is 1.42. The normalized spacial score (nSPS) is 10.6. The summed E-state index contributed by atoms with van der Waals surface area (Å²) in [7, 11) is 0. The number of benzene rings is 1. The number of ether oxygens (including phenoxy) is 1. The molecule has 1 rings (SSSR count). The van der Waals surface area contributed by atoms with Crippen LogP contribution in [-0.4, -0.2) is 32.2 Å². The van der Waals surface area contributed by atoms with E-state index in [1.165, 1.54) is 12.1 Å². The number of alkyl halides is 2. The predicted octanol–water partition coefficient (Wildman–Crippen LogP) is 1.95. The fraction of sp³-hybridized carbons (Fsp3) is 0.500. The Hall–Kier alpha value is -1.69. The number of likely N-dealkylation sites (N-methyl/N-ethyl adjacent to an activating group) is 1. The molecule has 0 saturated carbocycles. The van der Waals surface area contributed by atoms with E-state index in [0.29, 0.717) is 19.4 Å². The van der Waals surface area contributed by atoms with Crippen LogP contribution in [0.15, 0.2) is 24.3 Å². The van der Waals surface area contributed by atoms with E-state index in [0.717, 1.165) is 18.7 Å². The number of halogens is 2. The summed E-state index contributed by atoms with van der Waals surface area (Å²) in [4.78, 5) is 11.5. The highest BCUT2D eigenvalue weighted by Crippen LogP contribution is 2.15. The van der Waals surface area contributed by atoms with Crippen LogP contribution in [0.3, 0.4) is 0 Å². The van der Waals surface area contributed by atoms with Gasteiger partial charge < -0.3 is 15.4 Å². The lowest BCUT2D eigenvalue weighted by Crippen LogP contribution is -2.31. The third kappa shape index (κ3) is 7.04. The lowest BCUT2D eigenvalue weighted by atomic mass is 10.1. The summed E-state index contributed by atoms with van der Waals surface area (Å²) in [5.41, 5.74) is 0.911. The van der Waals surface area contributed by atoms with E-state index in [9.17, 15) is 13.6 Å². The van der Waals surface area contributed by atoms with Gasteiger partial charge in [-0.25, -0.2) is 0 Å². The third-order valence-corrected chi connectivity index (χ3v) is 2.66. The van der Waals surface area contributed by atoms with Crippen LogP contribution >= 0.6 is 0 Å². The molecule has 0 heterocycles. The molecular formula is C14H20F2N2O2. The van der Waals surface area contributed by atoms with Gasteiger partial charge in [0.2, 0.25) is 5.91 Å². The fourth-order valence-corrected chi connectivity index (χ4v) is 1.65. The minimum absolute atomic E-state index is 0.0178. The predicted molar refractivity (Wildman–Crippen MR) is 72.9 cm³/mol. The lowest BCUT2D eigenvalue weighted by molar-refractivity contribution is -0.121. The van der Waals surface area contributed by atoms with Crippen molar-refractivity contribution in [1.29, 1.82) is 0 Å². The Bertz CT molecular complexity index is 397. The lowest BCUT2D eigenvalue weighted by Gasteiger charge is -2.07. The van der Waals surface area contributed by atoms with Crippen molar-refractivity contribution >= 4 is 5.91 Å². The maximum Gasteiger partial charge on any atom is 0.387 e. The number of aryl methyl sites for hydroxylation is 1. The molecule has 4 nitrogen and oxygen atoms in total. The molecule has 0 aliphatic rings. The molecule has 0 bridgehead atoms. The maximum atomic E-state index is 12.0. The zero-order valence-corrected chi connectivity index (χ0v) is 11.5. The van der Waals surface area contributed by atoms with Gasteiger partial charge in [-0.05, 0) is 30.7 Å². The van der Waals surface area contributed by atoms with Crippen molar-refractivity contribution in [2.75, 3.05) is 19.6 Å². The van der Waals surface area contributed by atoms with Crippen LogP contribution in [0.5, 0.6) is 5.75 Å². The average molecular weight is 286 g/mol. The smallest absolute Gasteiger partial charge is 0.387 e. The van der Waals surface area contributed by atoms with Gasteiger partial charge in [-0.15, -0.1) is 0 Å². The summed E-state index contributed by atoms with van der Waals surface area (Å²) >= 11 is 0. The molecule has 0 aliphatic heterocycles. The molecule has 1 aromatic carbocycles. The van der Waals surface area contributed by atoms with E-state index < -0.39 is 6.61 Å². The average Bonchev–Trinajstić information content (AvgIpc) is 2.42. The minimum Gasteiger partial charge on any atom is -0.435 e. The molecule has 1 aromatic rings. The van der Waals surface area contributed by atoms with Crippen LogP contribution in [0.1, 0.15) is 18.9 Å². The van der Waals surface area contributed by atoms with Gasteiger partial charge in [0.15, 0.2) is 0 Å². The van der Waals surface area contributed by atoms with Crippen molar-refractivity contribution < 1.29 is 18.3 Å². The molecule has 1 amide bonds. The first-order valence-electron chi connectivity index (χ1n) is 6.63. The number of nitrogens with one attached hydrogen (secondary N) is 2. The summed E-state index contributed by atoms with van der Waals surface area (Å²) in [5, 5.41) is 5.91. The van der Waals surface area contributed by atoms with Crippen molar-refractivity contribution in [3.8, 4) is 5.75 Å². The topological polar surface area (TPSA) is 50.4 Å². The highest BCUT2D eigenvalue weighted by atomic mass is 19.3. The molecule has 0 aliphatic carbocycles. The molecule has 6 heteroatoms. The Morgan fingerprint density at radius 2 is 1.95 bits per heavy atom. The number of hydrogen-bond donors (Lipinski definition) is 2. The summed E-state index contributed by atoms with van der Waals surface area (Å²) < 4.78 is 28.2. The van der Waals surface area contributed by atoms with Crippen molar-refractivity contribution in [3.63, 3.8) is 0 Å². The molecule has 0 atom stereocenters. The largest absolute Gasteiger partial charge is 0.435 e. The molecule has 0 radical (unpaired) electrons. The second-order valence-electron chi connectivity index (χ2n) is 4.23. The Kier molecular flexibility index (Phi) is 7.57. The van der Waals surface area contributed by atoms with Gasteiger partial charge in [0.25, 0.3) is 0 Å². The molecule has 0 spiro atoms. The zero-order chi connectivity index (χ0) is 14.8. The monoisotopic (exact) mass is 286 g/mol. The van der Waals surface area contributed by atoms with Crippen molar-refractivity contribution in [2.24, 2.45) is 0 Å². The van der Waals surface area contributed by atoms with Crippen molar-refractivity contribution in [1.82, 2.24) is 10.6 Å². The van der Waals surface area contributed by atoms with E-state index in [1.54, 1.807) is 12.1 Å². The van der Waals surface area contributed by atoms with Crippen LogP contribution in [-0.2, 0) is 11.2 Å². The number of carbonyl (C=O) groups is 1. The molecule has 112 valence electrons. The Morgan fingerprint density at radius 1 is 1.25 bits per heavy atom. The molecule has 0 aromatic heterocycles. The van der Waals surface area contributed by atoms with Gasteiger partial charge in [-0.1, -0.05) is 19.1 Å². The van der Waals surface area contributed by atoms with E-state index in [1.807, 2.05) is 6.92 Å². The van der Waals surface area contributed by atoms with E-state index >= 15 is 0 Å². The SMILES string of the molecule is CCNCCNC(=O)CCc1ccc(OC(F)F)cc1. The van der Waals surface area contributed by atoms with Gasteiger partial charge in [-0.2, -0.15) is 8.78 Å². The molecule has 0 fully saturated rings. The van der Waals surface area contributed by atoms with Crippen LogP contribution in [0, 0.1) is 0 Å². The van der Waals surface area contributed by atoms with Gasteiger partial charge in [-0.3, -0.25) is 4.79 Å². The van der Waals surface area contributed by atoms with E-state index in [4.69, 9.17) is 0 Å². The fourth-order valence-electron chi connectivity index (χ4n) is 1.65. The Morgan fingerprint density at radius 3 is 2.55 bits per heavy atom. The minimum atomic E-state index is -2.82. The second kappa shape index (κ2) is 9.25. The number of hydrogen-bond acceptors (Lipinski definition) is 3. The Balaban J connectivity index is 2.25. The molecule has 20 heavy (non-hydrogen) atoms. The molecular weight excluding hydrogens is 266 g/mol. The third-order valence-electron chi connectivity index (χ3n) is 2.66. The maximum absolute atomic E-state index is 12.0. The first kappa shape index (κ1) is 16.4. The summed E-state index contributed by atoms with van der Waals surface area (Å²) in [6, 6.07) is 6.32. The number of carbonyl (C=O) groups excluding carboxylic acids is 1. The van der Waals surface area contributed by atoms with E-state index in [2.05, 4.69) is 15.4 Å². The van der Waals surface area contributed by atoms with Crippen molar-refractivity contribution in [2.45, 2.75) is 26.4 Å². The summed E-state index contributed by atoms with van der Waals surface area (Å²) in [6.07, 6.45) is 0.948. The van der Waals surface area contributed by atoms with E-state index in [-0.39, 0.29) is 11.7 Å². The first-order chi connectivity index (χ1) is 9.61. The van der Waals surface area contributed by atoms with Crippen LogP contribution in [0.4, 0.5) is 8.78 Å². The van der Waals surface area contributed by atoms with Gasteiger partial charge >= 0.3 is 6.61 Å². The number of rotatable bonds is 9. The van der Waals surface area contributed by atoms with Gasteiger partial charge in [0.05, 0.1) is 0 Å². The Labute approximate surface area is 117 Å². The van der Waals surface area contributed by atoms with Gasteiger partial charge in [0, 0.05) is 19.5 Å². The van der Waals surface area contributed by atoms with Crippen LogP contribution in [0.25, 0.3) is 0 Å². The first-order valence-corrected chi connectivity index (χ1v) is 6.63. The van der Waals surface area contributed by atoms with Gasteiger partial charge in [0.1, 0.15) is 5.75 Å². The summed E-state index contributed by atoms with van der Waals surface area (Å²) in [5.74, 6) is 0.106. The zero-order valence-electron chi connectivity index (χ0n) is 11.5. The van der Waals surface area contributed by atoms with Crippen LogP contribution < -0.4 is 15.4 Å². The van der Waals surface area contributed by atoms with Crippen molar-refractivity contribution in [3.05, 3.63) is 29.8 Å². The standard InChI is InChI=1S/C14H20F2N2O2/c1-2-17-9-10-18-13(19)8-5-11-3-6-12(7-4-11)20-14(15)16/h3-4,6-7,14,17H,2,5,8-10H2,1H3,(H,18,19). The molecule has 0 saturated heterocycles. The quantitative estimate of drug-likeness (QED) is 0.682. The molecule has 0 unspecified atom stereocenters. The highest BCUT2D eigenvalue weighted by Gasteiger charge is 2.05. The van der Waals surface area contributed by atoms with Crippen LogP contribution in [0.2, 0.25) is 0 Å². The number of amides is 1. The second-order valence-corrected chi connectivity index (χ2v) is 4.23. The highest BCUT2D eigenvalue weighted by molar-refractivity contribution is 5.76.